The maximum Gasteiger partial charge on any atom is 0.341 e. The molecule has 1 heterocycles. The van der Waals surface area contributed by atoms with Gasteiger partial charge in [-0.25, -0.2) is 14.5 Å². The van der Waals surface area contributed by atoms with Gasteiger partial charge in [-0.2, -0.15) is 5.10 Å². The molecule has 0 aliphatic carbocycles. The summed E-state index contributed by atoms with van der Waals surface area (Å²) in [6.07, 6.45) is 1.47. The second-order valence-corrected chi connectivity index (χ2v) is 4.26. The lowest BCUT2D eigenvalue weighted by Gasteiger charge is -2.11. The number of carbonyl (C=O) groups is 1. The standard InChI is InChI=1S/C14H18N4O3/c1-3-18-13(16-9-17-18)8-21-12-6-5-10(15)7-11(12)14(19)20-4-2/h5-7,9H,3-4,8,15H2,1-2H3. The van der Waals surface area contributed by atoms with E-state index in [4.69, 9.17) is 15.2 Å². The molecule has 0 aliphatic heterocycles. The van der Waals surface area contributed by atoms with Gasteiger partial charge < -0.3 is 15.2 Å². The predicted molar refractivity (Wildman–Crippen MR) is 76.8 cm³/mol. The van der Waals surface area contributed by atoms with Crippen LogP contribution in [0.25, 0.3) is 0 Å². The second-order valence-electron chi connectivity index (χ2n) is 4.26. The molecule has 7 heteroatoms. The van der Waals surface area contributed by atoms with Crippen molar-refractivity contribution in [1.82, 2.24) is 14.8 Å². The van der Waals surface area contributed by atoms with Crippen molar-refractivity contribution >= 4 is 11.7 Å². The number of aryl methyl sites for hydroxylation is 1. The van der Waals surface area contributed by atoms with Crippen molar-refractivity contribution in [3.8, 4) is 5.75 Å². The molecule has 2 aromatic rings. The van der Waals surface area contributed by atoms with Crippen molar-refractivity contribution < 1.29 is 14.3 Å². The molecular weight excluding hydrogens is 272 g/mol. The highest BCUT2D eigenvalue weighted by Crippen LogP contribution is 2.23. The first-order chi connectivity index (χ1) is 10.2. The minimum absolute atomic E-state index is 0.212. The molecule has 7 nitrogen and oxygen atoms in total. The zero-order valence-corrected chi connectivity index (χ0v) is 12.1. The minimum atomic E-state index is -0.461. The van der Waals surface area contributed by atoms with E-state index in [0.717, 1.165) is 0 Å². The Morgan fingerprint density at radius 3 is 2.90 bits per heavy atom. The quantitative estimate of drug-likeness (QED) is 0.642. The number of benzene rings is 1. The number of hydrogen-bond acceptors (Lipinski definition) is 6. The van der Waals surface area contributed by atoms with Gasteiger partial charge in [-0.15, -0.1) is 0 Å². The molecule has 1 aromatic heterocycles. The SMILES string of the molecule is CCOC(=O)c1cc(N)ccc1OCc1ncnn1CC. The van der Waals surface area contributed by atoms with Crippen LogP contribution in [0.4, 0.5) is 5.69 Å². The number of nitrogen functional groups attached to an aromatic ring is 1. The van der Waals surface area contributed by atoms with Crippen LogP contribution >= 0.6 is 0 Å². The Morgan fingerprint density at radius 1 is 1.38 bits per heavy atom. The van der Waals surface area contributed by atoms with Gasteiger partial charge in [0.15, 0.2) is 5.82 Å². The first-order valence-corrected chi connectivity index (χ1v) is 6.71. The molecule has 1 aromatic carbocycles. The van der Waals surface area contributed by atoms with E-state index in [2.05, 4.69) is 10.1 Å². The minimum Gasteiger partial charge on any atom is -0.485 e. The van der Waals surface area contributed by atoms with Crippen LogP contribution in [-0.4, -0.2) is 27.3 Å². The fraction of sp³-hybridized carbons (Fsp3) is 0.357. The summed E-state index contributed by atoms with van der Waals surface area (Å²) in [6, 6.07) is 4.86. The van der Waals surface area contributed by atoms with Crippen LogP contribution in [0.5, 0.6) is 5.75 Å². The van der Waals surface area contributed by atoms with Gasteiger partial charge in [-0.05, 0) is 32.0 Å². The average molecular weight is 290 g/mol. The predicted octanol–water partition coefficient (Wildman–Crippen LogP) is 1.64. The van der Waals surface area contributed by atoms with E-state index in [1.54, 1.807) is 23.7 Å². The van der Waals surface area contributed by atoms with Crippen LogP contribution in [0.3, 0.4) is 0 Å². The van der Waals surface area contributed by atoms with Gasteiger partial charge >= 0.3 is 5.97 Å². The highest BCUT2D eigenvalue weighted by atomic mass is 16.5. The average Bonchev–Trinajstić information content (AvgIpc) is 2.93. The van der Waals surface area contributed by atoms with E-state index in [-0.39, 0.29) is 13.2 Å². The molecule has 2 N–H and O–H groups in total. The molecule has 0 radical (unpaired) electrons. The van der Waals surface area contributed by atoms with E-state index >= 15 is 0 Å². The molecule has 0 saturated heterocycles. The van der Waals surface area contributed by atoms with Crippen LogP contribution < -0.4 is 10.5 Å². The van der Waals surface area contributed by atoms with Gasteiger partial charge in [0.2, 0.25) is 0 Å². The second kappa shape index (κ2) is 6.74. The molecule has 0 saturated carbocycles. The number of rotatable bonds is 6. The third-order valence-corrected chi connectivity index (χ3v) is 2.85. The van der Waals surface area contributed by atoms with Crippen LogP contribution in [0, 0.1) is 0 Å². The number of nitrogens with zero attached hydrogens (tertiary/aromatic N) is 3. The lowest BCUT2D eigenvalue weighted by molar-refractivity contribution is 0.0521. The van der Waals surface area contributed by atoms with Gasteiger partial charge in [-0.1, -0.05) is 0 Å². The Balaban J connectivity index is 2.17. The summed E-state index contributed by atoms with van der Waals surface area (Å²) in [5.41, 5.74) is 6.49. The Kier molecular flexibility index (Phi) is 4.76. The fourth-order valence-electron chi connectivity index (χ4n) is 1.85. The van der Waals surface area contributed by atoms with Crippen LogP contribution in [0.15, 0.2) is 24.5 Å². The third kappa shape index (κ3) is 3.50. The molecule has 0 amide bonds. The molecule has 0 unspecified atom stereocenters. The summed E-state index contributed by atoms with van der Waals surface area (Å²) in [5, 5.41) is 4.06. The highest BCUT2D eigenvalue weighted by molar-refractivity contribution is 5.93. The molecule has 21 heavy (non-hydrogen) atoms. The molecule has 2 rings (SSSR count). The van der Waals surface area contributed by atoms with Crippen molar-refractivity contribution in [3.63, 3.8) is 0 Å². The first-order valence-electron chi connectivity index (χ1n) is 6.71. The number of nitrogens with two attached hydrogens (primary N) is 1. The van der Waals surface area contributed by atoms with Crippen molar-refractivity contribution in [2.45, 2.75) is 27.0 Å². The number of carbonyl (C=O) groups excluding carboxylic acids is 1. The molecule has 0 spiro atoms. The van der Waals surface area contributed by atoms with E-state index in [0.29, 0.717) is 29.4 Å². The number of anilines is 1. The van der Waals surface area contributed by atoms with Crippen molar-refractivity contribution in [2.75, 3.05) is 12.3 Å². The van der Waals surface area contributed by atoms with Crippen LogP contribution in [0.2, 0.25) is 0 Å². The van der Waals surface area contributed by atoms with E-state index in [1.165, 1.54) is 12.4 Å². The zero-order chi connectivity index (χ0) is 15.2. The van der Waals surface area contributed by atoms with Gasteiger partial charge in [0.05, 0.1) is 6.61 Å². The Morgan fingerprint density at radius 2 is 2.19 bits per heavy atom. The summed E-state index contributed by atoms with van der Waals surface area (Å²) in [4.78, 5) is 16.0. The van der Waals surface area contributed by atoms with Crippen LogP contribution in [-0.2, 0) is 17.9 Å². The maximum absolute atomic E-state index is 11.9. The van der Waals surface area contributed by atoms with Gasteiger partial charge in [0, 0.05) is 12.2 Å². The lowest BCUT2D eigenvalue weighted by Crippen LogP contribution is -2.11. The van der Waals surface area contributed by atoms with E-state index in [1.807, 2.05) is 6.92 Å². The molecule has 0 atom stereocenters. The fourth-order valence-corrected chi connectivity index (χ4v) is 1.85. The summed E-state index contributed by atoms with van der Waals surface area (Å²) in [6.45, 7) is 4.91. The summed E-state index contributed by atoms with van der Waals surface area (Å²) in [5.74, 6) is 0.634. The third-order valence-electron chi connectivity index (χ3n) is 2.85. The van der Waals surface area contributed by atoms with Gasteiger partial charge in [0.1, 0.15) is 24.2 Å². The number of aromatic nitrogens is 3. The maximum atomic E-state index is 11.9. The summed E-state index contributed by atoms with van der Waals surface area (Å²) < 4.78 is 12.4. The molecule has 112 valence electrons. The first kappa shape index (κ1) is 14.8. The van der Waals surface area contributed by atoms with E-state index < -0.39 is 5.97 Å². The summed E-state index contributed by atoms with van der Waals surface area (Å²) in [7, 11) is 0. The Bertz CT molecular complexity index is 624. The van der Waals surface area contributed by atoms with E-state index in [9.17, 15) is 4.79 Å². The number of esters is 1. The molecule has 0 fully saturated rings. The van der Waals surface area contributed by atoms with Crippen LogP contribution in [0.1, 0.15) is 30.0 Å². The van der Waals surface area contributed by atoms with Crippen molar-refractivity contribution in [1.29, 1.82) is 0 Å². The van der Waals surface area contributed by atoms with Crippen molar-refractivity contribution in [2.24, 2.45) is 0 Å². The smallest absolute Gasteiger partial charge is 0.341 e. The van der Waals surface area contributed by atoms with Crippen molar-refractivity contribution in [3.05, 3.63) is 35.9 Å². The largest absolute Gasteiger partial charge is 0.485 e. The number of hydrogen-bond donors (Lipinski definition) is 1. The summed E-state index contributed by atoms with van der Waals surface area (Å²) >= 11 is 0. The topological polar surface area (TPSA) is 92.3 Å². The Labute approximate surface area is 122 Å². The molecule has 0 bridgehead atoms. The number of ether oxygens (including phenoxy) is 2. The lowest BCUT2D eigenvalue weighted by atomic mass is 10.2. The molecular formula is C14H18N4O3. The normalized spacial score (nSPS) is 10.4. The molecule has 0 aliphatic rings. The highest BCUT2D eigenvalue weighted by Gasteiger charge is 2.15. The monoisotopic (exact) mass is 290 g/mol. The Hall–Kier alpha value is -2.57. The van der Waals surface area contributed by atoms with Gasteiger partial charge in [0.25, 0.3) is 0 Å². The zero-order valence-electron chi connectivity index (χ0n) is 12.1. The van der Waals surface area contributed by atoms with Gasteiger partial charge in [-0.3, -0.25) is 0 Å².